The van der Waals surface area contributed by atoms with Gasteiger partial charge in [-0.25, -0.2) is 12.8 Å². The lowest BCUT2D eigenvalue weighted by molar-refractivity contribution is 0.438. The van der Waals surface area contributed by atoms with Gasteiger partial charge in [-0.1, -0.05) is 29.8 Å². The Labute approximate surface area is 133 Å². The van der Waals surface area contributed by atoms with E-state index < -0.39 is 15.8 Å². The van der Waals surface area contributed by atoms with Crippen LogP contribution in [0.3, 0.4) is 0 Å². The highest BCUT2D eigenvalue weighted by Gasteiger charge is 2.28. The van der Waals surface area contributed by atoms with Crippen molar-refractivity contribution in [2.45, 2.75) is 44.2 Å². The summed E-state index contributed by atoms with van der Waals surface area (Å²) in [4.78, 5) is -0.256. The fraction of sp³-hybridized carbons (Fsp3) is 0.571. The maximum Gasteiger partial charge on any atom is 0.246 e. The molecule has 7 heteroatoms. The minimum Gasteiger partial charge on any atom is -0.310 e. The molecule has 1 aliphatic carbocycles. The molecule has 0 heterocycles. The van der Waals surface area contributed by atoms with Gasteiger partial charge in [0.25, 0.3) is 0 Å². The van der Waals surface area contributed by atoms with Gasteiger partial charge >= 0.3 is 0 Å². The van der Waals surface area contributed by atoms with Gasteiger partial charge in [0.2, 0.25) is 10.0 Å². The van der Waals surface area contributed by atoms with Crippen LogP contribution in [0.2, 0.25) is 0 Å². The quantitative estimate of drug-likeness (QED) is 0.793. The van der Waals surface area contributed by atoms with Crippen molar-refractivity contribution in [3.63, 3.8) is 0 Å². The average molecular weight is 379 g/mol. The summed E-state index contributed by atoms with van der Waals surface area (Å²) in [7, 11) is -3.80. The average Bonchev–Trinajstić information content (AvgIpc) is 3.24. The van der Waals surface area contributed by atoms with Gasteiger partial charge in [0.15, 0.2) is 0 Å². The summed E-state index contributed by atoms with van der Waals surface area (Å²) in [5, 5.41) is 3.21. The third-order valence-electron chi connectivity index (χ3n) is 3.56. The van der Waals surface area contributed by atoms with Crippen LogP contribution in [0.15, 0.2) is 21.5 Å². The molecule has 0 bridgehead atoms. The van der Waals surface area contributed by atoms with E-state index in [9.17, 15) is 12.8 Å². The normalized spacial score (nSPS) is 15.7. The van der Waals surface area contributed by atoms with E-state index >= 15 is 0 Å². The number of nitrogens with one attached hydrogen (secondary N) is 1. The number of halogens is 2. The lowest BCUT2D eigenvalue weighted by Gasteiger charge is -2.20. The predicted molar refractivity (Wildman–Crippen MR) is 84.1 cm³/mol. The standard InChI is InChI=1S/C14H20BrFN2O2S/c1-3-18(4-2)21(19,20)13-8-11(15)7-10(14(13)16)9-17-12-5-6-12/h7-8,12,17H,3-6,9H2,1-2H3. The molecular formula is C14H20BrFN2O2S. The van der Waals surface area contributed by atoms with Crippen molar-refractivity contribution in [2.24, 2.45) is 0 Å². The van der Waals surface area contributed by atoms with Crippen LogP contribution in [0, 0.1) is 5.82 Å². The highest BCUT2D eigenvalue weighted by Crippen LogP contribution is 2.27. The van der Waals surface area contributed by atoms with Crippen molar-refractivity contribution >= 4 is 26.0 Å². The molecule has 1 N–H and O–H groups in total. The van der Waals surface area contributed by atoms with Gasteiger partial charge in [-0.15, -0.1) is 0 Å². The van der Waals surface area contributed by atoms with E-state index in [4.69, 9.17) is 0 Å². The Morgan fingerprint density at radius 1 is 1.33 bits per heavy atom. The topological polar surface area (TPSA) is 49.4 Å². The number of nitrogens with zero attached hydrogens (tertiary/aromatic N) is 1. The maximum atomic E-state index is 14.6. The van der Waals surface area contributed by atoms with Crippen molar-refractivity contribution in [1.82, 2.24) is 9.62 Å². The minimum absolute atomic E-state index is 0.256. The molecule has 0 atom stereocenters. The van der Waals surface area contributed by atoms with E-state index in [0.717, 1.165) is 12.8 Å². The van der Waals surface area contributed by atoms with E-state index in [1.54, 1.807) is 19.9 Å². The summed E-state index contributed by atoms with van der Waals surface area (Å²) in [5.41, 5.74) is 0.377. The van der Waals surface area contributed by atoms with Crippen LogP contribution in [0.4, 0.5) is 4.39 Å². The second-order valence-electron chi connectivity index (χ2n) is 5.12. The molecule has 0 aromatic heterocycles. The monoisotopic (exact) mass is 378 g/mol. The van der Waals surface area contributed by atoms with Crippen LogP contribution >= 0.6 is 15.9 Å². The second-order valence-corrected chi connectivity index (χ2v) is 7.94. The molecule has 0 radical (unpaired) electrons. The Morgan fingerprint density at radius 2 is 1.95 bits per heavy atom. The van der Waals surface area contributed by atoms with Crippen LogP contribution in [0.5, 0.6) is 0 Å². The zero-order valence-electron chi connectivity index (χ0n) is 12.2. The molecule has 0 amide bonds. The largest absolute Gasteiger partial charge is 0.310 e. The van der Waals surface area contributed by atoms with Gasteiger partial charge in [-0.05, 0) is 25.0 Å². The molecule has 4 nitrogen and oxygen atoms in total. The lowest BCUT2D eigenvalue weighted by atomic mass is 10.2. The van der Waals surface area contributed by atoms with E-state index in [1.807, 2.05) is 0 Å². The van der Waals surface area contributed by atoms with E-state index in [0.29, 0.717) is 35.7 Å². The smallest absolute Gasteiger partial charge is 0.246 e. The molecule has 1 saturated carbocycles. The SMILES string of the molecule is CCN(CC)S(=O)(=O)c1cc(Br)cc(CNC2CC2)c1F. The van der Waals surface area contributed by atoms with Crippen LogP contribution < -0.4 is 5.32 Å². The molecule has 118 valence electrons. The Kier molecular flexibility index (Phi) is 5.40. The van der Waals surface area contributed by atoms with Crippen molar-refractivity contribution < 1.29 is 12.8 Å². The third-order valence-corrected chi connectivity index (χ3v) is 6.07. The zero-order valence-corrected chi connectivity index (χ0v) is 14.6. The first-order chi connectivity index (χ1) is 9.90. The lowest BCUT2D eigenvalue weighted by Crippen LogP contribution is -2.31. The molecule has 1 aromatic carbocycles. The maximum absolute atomic E-state index is 14.6. The fourth-order valence-electron chi connectivity index (χ4n) is 2.18. The molecule has 0 unspecified atom stereocenters. The first-order valence-electron chi connectivity index (χ1n) is 7.11. The summed E-state index contributed by atoms with van der Waals surface area (Å²) in [6.45, 7) is 4.47. The predicted octanol–water partition coefficient (Wildman–Crippen LogP) is 2.87. The molecule has 0 aliphatic heterocycles. The Balaban J connectivity index is 2.38. The highest BCUT2D eigenvalue weighted by molar-refractivity contribution is 9.10. The van der Waals surface area contributed by atoms with Crippen LogP contribution in [0.1, 0.15) is 32.3 Å². The van der Waals surface area contributed by atoms with Gasteiger partial charge in [-0.2, -0.15) is 4.31 Å². The van der Waals surface area contributed by atoms with E-state index in [-0.39, 0.29) is 4.90 Å². The third kappa shape index (κ3) is 3.83. The number of rotatable bonds is 7. The summed E-state index contributed by atoms with van der Waals surface area (Å²) < 4.78 is 41.4. The number of hydrogen-bond donors (Lipinski definition) is 1. The summed E-state index contributed by atoms with van der Waals surface area (Å²) in [6, 6.07) is 3.40. The number of sulfonamides is 1. The van der Waals surface area contributed by atoms with E-state index in [1.165, 1.54) is 10.4 Å². The number of benzene rings is 1. The molecule has 1 fully saturated rings. The minimum atomic E-state index is -3.80. The van der Waals surface area contributed by atoms with Gasteiger partial charge in [0, 0.05) is 35.7 Å². The fourth-order valence-corrected chi connectivity index (χ4v) is 4.43. The molecule has 1 aromatic rings. The molecular weight excluding hydrogens is 359 g/mol. The van der Waals surface area contributed by atoms with Crippen LogP contribution in [0.25, 0.3) is 0 Å². The van der Waals surface area contributed by atoms with Crippen LogP contribution in [-0.2, 0) is 16.6 Å². The van der Waals surface area contributed by atoms with Crippen LogP contribution in [-0.4, -0.2) is 31.9 Å². The van der Waals surface area contributed by atoms with Gasteiger partial charge in [0.05, 0.1) is 0 Å². The molecule has 1 aliphatic rings. The summed E-state index contributed by atoms with van der Waals surface area (Å²) >= 11 is 3.28. The van der Waals surface area contributed by atoms with Gasteiger partial charge in [-0.3, -0.25) is 0 Å². The first-order valence-corrected chi connectivity index (χ1v) is 9.34. The van der Waals surface area contributed by atoms with E-state index in [2.05, 4.69) is 21.2 Å². The highest BCUT2D eigenvalue weighted by atomic mass is 79.9. The van der Waals surface area contributed by atoms with Crippen molar-refractivity contribution in [2.75, 3.05) is 13.1 Å². The number of hydrogen-bond acceptors (Lipinski definition) is 3. The Bertz CT molecular complexity index is 614. The van der Waals surface area contributed by atoms with Crippen molar-refractivity contribution in [1.29, 1.82) is 0 Å². The zero-order chi connectivity index (χ0) is 15.6. The molecule has 0 spiro atoms. The van der Waals surface area contributed by atoms with Gasteiger partial charge < -0.3 is 5.32 Å². The molecule has 21 heavy (non-hydrogen) atoms. The first kappa shape index (κ1) is 16.9. The van der Waals surface area contributed by atoms with Crippen molar-refractivity contribution in [3.05, 3.63) is 28.0 Å². The summed E-state index contributed by atoms with van der Waals surface area (Å²) in [6.07, 6.45) is 2.19. The summed E-state index contributed by atoms with van der Waals surface area (Å²) in [5.74, 6) is -0.654. The Morgan fingerprint density at radius 3 is 2.48 bits per heavy atom. The van der Waals surface area contributed by atoms with Gasteiger partial charge in [0.1, 0.15) is 10.7 Å². The Hall–Kier alpha value is -0.500. The molecule has 2 rings (SSSR count). The second kappa shape index (κ2) is 6.73. The molecule has 0 saturated heterocycles. The van der Waals surface area contributed by atoms with Crippen molar-refractivity contribution in [3.8, 4) is 0 Å².